The largest absolute Gasteiger partial charge is 0.480 e. The first-order valence-corrected chi connectivity index (χ1v) is 6.45. The molecule has 5 heteroatoms. The van der Waals surface area contributed by atoms with E-state index in [9.17, 15) is 14.7 Å². The number of hydrogen-bond acceptors (Lipinski definition) is 3. The minimum absolute atomic E-state index is 0.129. The molecule has 0 aliphatic heterocycles. The van der Waals surface area contributed by atoms with Gasteiger partial charge in [0.15, 0.2) is 5.41 Å². The van der Waals surface area contributed by atoms with E-state index >= 15 is 0 Å². The highest BCUT2D eigenvalue weighted by Crippen LogP contribution is 2.35. The minimum Gasteiger partial charge on any atom is -0.480 e. The van der Waals surface area contributed by atoms with Crippen LogP contribution in [-0.2, 0) is 19.7 Å². The van der Waals surface area contributed by atoms with Gasteiger partial charge in [-0.1, -0.05) is 41.1 Å². The lowest BCUT2D eigenvalue weighted by atomic mass is 9.78. The van der Waals surface area contributed by atoms with Crippen molar-refractivity contribution in [3.8, 4) is 0 Å². The number of hydrogen-bond donors (Lipinski definition) is 1. The molecule has 0 spiro atoms. The van der Waals surface area contributed by atoms with Crippen LogP contribution < -0.4 is 0 Å². The summed E-state index contributed by atoms with van der Waals surface area (Å²) in [5, 5.41) is 9.48. The molecule has 1 aromatic carbocycles. The third-order valence-electron chi connectivity index (χ3n) is 2.85. The number of aliphatic carboxylic acids is 1. The van der Waals surface area contributed by atoms with Gasteiger partial charge in [0, 0.05) is 4.47 Å². The van der Waals surface area contributed by atoms with Crippen LogP contribution >= 0.6 is 15.9 Å². The van der Waals surface area contributed by atoms with E-state index in [0.29, 0.717) is 10.0 Å². The van der Waals surface area contributed by atoms with Crippen molar-refractivity contribution in [1.29, 1.82) is 0 Å². The lowest BCUT2D eigenvalue weighted by Crippen LogP contribution is -2.44. The summed E-state index contributed by atoms with van der Waals surface area (Å²) in [5.41, 5.74) is -1.24. The third kappa shape index (κ3) is 2.41. The molecule has 98 valence electrons. The molecule has 1 unspecified atom stereocenters. The van der Waals surface area contributed by atoms with Crippen LogP contribution in [0.4, 0.5) is 0 Å². The summed E-state index contributed by atoms with van der Waals surface area (Å²) in [6.07, 6.45) is 0.129. The highest BCUT2D eigenvalue weighted by atomic mass is 79.9. The summed E-state index contributed by atoms with van der Waals surface area (Å²) in [6, 6.07) is 6.80. The van der Waals surface area contributed by atoms with Gasteiger partial charge in [-0.25, -0.2) is 0 Å². The summed E-state index contributed by atoms with van der Waals surface area (Å²) in [5.74, 6) is -1.93. The average Bonchev–Trinajstić information content (AvgIpc) is 2.33. The molecule has 0 heterocycles. The van der Waals surface area contributed by atoms with Crippen LogP contribution in [-0.4, -0.2) is 23.7 Å². The predicted octanol–water partition coefficient (Wildman–Crippen LogP) is 2.74. The van der Waals surface area contributed by atoms with Gasteiger partial charge >= 0.3 is 11.9 Å². The molecule has 0 bridgehead atoms. The van der Waals surface area contributed by atoms with E-state index in [1.54, 1.807) is 38.1 Å². The number of benzene rings is 1. The Kier molecular flexibility index (Phi) is 4.90. The smallest absolute Gasteiger partial charge is 0.328 e. The van der Waals surface area contributed by atoms with Gasteiger partial charge in [0.1, 0.15) is 0 Å². The van der Waals surface area contributed by atoms with Gasteiger partial charge in [0.25, 0.3) is 0 Å². The standard InChI is InChI=1S/C13H15BrO4/c1-3-13(11(15)16,12(17)18-4-2)9-7-5-6-8-10(9)14/h5-8H,3-4H2,1-2H3,(H,15,16). The molecule has 1 atom stereocenters. The first kappa shape index (κ1) is 14.7. The molecule has 0 saturated heterocycles. The number of carbonyl (C=O) groups excluding carboxylic acids is 1. The summed E-state index contributed by atoms with van der Waals surface area (Å²) in [7, 11) is 0. The first-order valence-electron chi connectivity index (χ1n) is 5.66. The molecule has 1 rings (SSSR count). The van der Waals surface area contributed by atoms with Crippen molar-refractivity contribution in [3.63, 3.8) is 0 Å². The molecule has 1 N–H and O–H groups in total. The maximum Gasteiger partial charge on any atom is 0.328 e. The van der Waals surface area contributed by atoms with Gasteiger partial charge in [-0.2, -0.15) is 0 Å². The molecular weight excluding hydrogens is 300 g/mol. The maximum atomic E-state index is 12.1. The van der Waals surface area contributed by atoms with Crippen LogP contribution in [0.5, 0.6) is 0 Å². The molecule has 1 aromatic rings. The molecule has 0 aliphatic rings. The second kappa shape index (κ2) is 6.00. The summed E-state index contributed by atoms with van der Waals surface area (Å²) >= 11 is 3.29. The van der Waals surface area contributed by atoms with Crippen molar-refractivity contribution in [2.24, 2.45) is 0 Å². The zero-order valence-corrected chi connectivity index (χ0v) is 11.9. The second-order valence-corrected chi connectivity index (χ2v) is 4.62. The number of rotatable bonds is 5. The third-order valence-corrected chi connectivity index (χ3v) is 3.54. The van der Waals surface area contributed by atoms with Crippen LogP contribution in [0.1, 0.15) is 25.8 Å². The molecule has 0 amide bonds. The van der Waals surface area contributed by atoms with Gasteiger partial charge in [0.2, 0.25) is 0 Å². The van der Waals surface area contributed by atoms with Gasteiger partial charge in [-0.3, -0.25) is 9.59 Å². The minimum atomic E-state index is -1.66. The van der Waals surface area contributed by atoms with Crippen molar-refractivity contribution >= 4 is 27.9 Å². The Hall–Kier alpha value is -1.36. The lowest BCUT2D eigenvalue weighted by Gasteiger charge is -2.27. The van der Waals surface area contributed by atoms with Gasteiger partial charge in [0.05, 0.1) is 6.61 Å². The monoisotopic (exact) mass is 314 g/mol. The number of carbonyl (C=O) groups is 2. The van der Waals surface area contributed by atoms with E-state index in [0.717, 1.165) is 0 Å². The fourth-order valence-corrected chi connectivity index (χ4v) is 2.48. The highest BCUT2D eigenvalue weighted by Gasteiger charge is 2.48. The quantitative estimate of drug-likeness (QED) is 0.670. The van der Waals surface area contributed by atoms with E-state index in [-0.39, 0.29) is 13.0 Å². The summed E-state index contributed by atoms with van der Waals surface area (Å²) in [6.45, 7) is 3.46. The second-order valence-electron chi connectivity index (χ2n) is 3.76. The van der Waals surface area contributed by atoms with Crippen LogP contribution in [0.15, 0.2) is 28.7 Å². The number of carboxylic acid groups (broad SMARTS) is 1. The molecule has 0 radical (unpaired) electrons. The van der Waals surface area contributed by atoms with Crippen molar-refractivity contribution in [2.75, 3.05) is 6.61 Å². The lowest BCUT2D eigenvalue weighted by molar-refractivity contribution is -0.161. The van der Waals surface area contributed by atoms with Gasteiger partial charge in [-0.15, -0.1) is 0 Å². The van der Waals surface area contributed by atoms with Crippen molar-refractivity contribution in [3.05, 3.63) is 34.3 Å². The topological polar surface area (TPSA) is 63.6 Å². The molecule has 0 saturated carbocycles. The normalized spacial score (nSPS) is 13.7. The Labute approximate surface area is 114 Å². The van der Waals surface area contributed by atoms with E-state index < -0.39 is 17.4 Å². The molecule has 4 nitrogen and oxygen atoms in total. The molecular formula is C13H15BrO4. The Morgan fingerprint density at radius 1 is 1.33 bits per heavy atom. The predicted molar refractivity (Wildman–Crippen MR) is 70.4 cm³/mol. The highest BCUT2D eigenvalue weighted by molar-refractivity contribution is 9.10. The number of esters is 1. The number of ether oxygens (including phenoxy) is 1. The zero-order chi connectivity index (χ0) is 13.8. The Morgan fingerprint density at radius 3 is 2.39 bits per heavy atom. The molecule has 0 fully saturated rings. The fraction of sp³-hybridized carbons (Fsp3) is 0.385. The Bertz CT molecular complexity index is 458. The number of carboxylic acids is 1. The van der Waals surface area contributed by atoms with Crippen LogP contribution in [0.25, 0.3) is 0 Å². The van der Waals surface area contributed by atoms with Crippen molar-refractivity contribution in [1.82, 2.24) is 0 Å². The van der Waals surface area contributed by atoms with E-state index in [1.165, 1.54) is 0 Å². The summed E-state index contributed by atoms with van der Waals surface area (Å²) in [4.78, 5) is 23.7. The molecule has 18 heavy (non-hydrogen) atoms. The Balaban J connectivity index is 3.42. The number of halogens is 1. The zero-order valence-electron chi connectivity index (χ0n) is 10.3. The SMILES string of the molecule is CCOC(=O)C(CC)(C(=O)O)c1ccccc1Br. The van der Waals surface area contributed by atoms with Gasteiger partial charge in [-0.05, 0) is 25.0 Å². The van der Waals surface area contributed by atoms with E-state index in [2.05, 4.69) is 15.9 Å². The fourth-order valence-electron chi connectivity index (χ4n) is 1.86. The summed E-state index contributed by atoms with van der Waals surface area (Å²) < 4.78 is 5.51. The van der Waals surface area contributed by atoms with Gasteiger partial charge < -0.3 is 9.84 Å². The van der Waals surface area contributed by atoms with E-state index in [4.69, 9.17) is 4.74 Å². The molecule has 0 aliphatic carbocycles. The average molecular weight is 315 g/mol. The molecule has 0 aromatic heterocycles. The first-order chi connectivity index (χ1) is 8.50. The van der Waals surface area contributed by atoms with E-state index in [1.807, 2.05) is 0 Å². The van der Waals surface area contributed by atoms with Crippen LogP contribution in [0.2, 0.25) is 0 Å². The Morgan fingerprint density at radius 2 is 1.94 bits per heavy atom. The van der Waals surface area contributed by atoms with Crippen LogP contribution in [0.3, 0.4) is 0 Å². The maximum absolute atomic E-state index is 12.1. The van der Waals surface area contributed by atoms with Crippen molar-refractivity contribution in [2.45, 2.75) is 25.7 Å². The van der Waals surface area contributed by atoms with Crippen LogP contribution in [0, 0.1) is 0 Å². The van der Waals surface area contributed by atoms with Crippen molar-refractivity contribution < 1.29 is 19.4 Å².